The molecule has 0 bridgehead atoms. The second-order valence-electron chi connectivity index (χ2n) is 6.02. The van der Waals surface area contributed by atoms with Gasteiger partial charge < -0.3 is 9.40 Å². The van der Waals surface area contributed by atoms with Crippen LogP contribution in [0.5, 0.6) is 0 Å². The van der Waals surface area contributed by atoms with Crippen LogP contribution in [0.1, 0.15) is 29.3 Å². The first-order valence-electron chi connectivity index (χ1n) is 8.06. The van der Waals surface area contributed by atoms with E-state index in [0.717, 1.165) is 39.6 Å². The summed E-state index contributed by atoms with van der Waals surface area (Å²) < 4.78 is 2.23. The number of carbonyl (C=O) groups is 2. The average molecular weight is 332 g/mol. The van der Waals surface area contributed by atoms with Gasteiger partial charge in [-0.05, 0) is 24.3 Å². The fourth-order valence-corrected chi connectivity index (χ4v) is 3.46. The molecule has 0 amide bonds. The molecule has 1 aliphatic rings. The van der Waals surface area contributed by atoms with Crippen molar-refractivity contribution < 1.29 is 14.4 Å². The van der Waals surface area contributed by atoms with E-state index in [-0.39, 0.29) is 5.78 Å². The number of fused-ring (bicyclic) bond motifs is 3. The van der Waals surface area contributed by atoms with Gasteiger partial charge in [0, 0.05) is 47.3 Å². The summed E-state index contributed by atoms with van der Waals surface area (Å²) in [6, 6.07) is 11.7. The standard InChI is InChI=1S/C20H16N2O3/c1-3-19(24)13-7-8-18-16(11-13)14-5-4-6-15-17(21-25-12(2)23)9-10-22(18)20(14)15/h3-8,11H,1,9-10H2,2H3/b21-17+. The summed E-state index contributed by atoms with van der Waals surface area (Å²) in [4.78, 5) is 27.9. The summed E-state index contributed by atoms with van der Waals surface area (Å²) in [6.07, 6.45) is 2.00. The molecule has 25 heavy (non-hydrogen) atoms. The van der Waals surface area contributed by atoms with Crippen molar-refractivity contribution in [1.82, 2.24) is 4.57 Å². The third kappa shape index (κ3) is 2.36. The van der Waals surface area contributed by atoms with Crippen molar-refractivity contribution in [3.8, 4) is 0 Å². The van der Waals surface area contributed by atoms with Crippen molar-refractivity contribution in [3.63, 3.8) is 0 Å². The van der Waals surface area contributed by atoms with E-state index in [1.807, 2.05) is 36.4 Å². The van der Waals surface area contributed by atoms with E-state index >= 15 is 0 Å². The van der Waals surface area contributed by atoms with Crippen molar-refractivity contribution in [2.24, 2.45) is 5.16 Å². The predicted octanol–water partition coefficient (Wildman–Crippen LogP) is 3.83. The quantitative estimate of drug-likeness (QED) is 0.317. The topological polar surface area (TPSA) is 60.7 Å². The van der Waals surface area contributed by atoms with E-state index < -0.39 is 5.97 Å². The van der Waals surface area contributed by atoms with E-state index in [9.17, 15) is 9.59 Å². The minimum absolute atomic E-state index is 0.0917. The number of carbonyl (C=O) groups excluding carboxylic acids is 2. The summed E-state index contributed by atoms with van der Waals surface area (Å²) in [5, 5.41) is 6.11. The molecule has 1 aromatic heterocycles. The van der Waals surface area contributed by atoms with Crippen LogP contribution in [0.15, 0.2) is 54.2 Å². The monoisotopic (exact) mass is 332 g/mol. The van der Waals surface area contributed by atoms with Crippen LogP contribution in [-0.4, -0.2) is 22.0 Å². The van der Waals surface area contributed by atoms with Crippen molar-refractivity contribution in [1.29, 1.82) is 0 Å². The molecule has 5 heteroatoms. The van der Waals surface area contributed by atoms with Gasteiger partial charge in [0.2, 0.25) is 0 Å². The fraction of sp³-hybridized carbons (Fsp3) is 0.150. The number of para-hydroxylation sites is 1. The van der Waals surface area contributed by atoms with Gasteiger partial charge in [-0.1, -0.05) is 29.9 Å². The Hall–Kier alpha value is -3.21. The number of aryl methyl sites for hydroxylation is 1. The molecule has 2 aromatic carbocycles. The Bertz CT molecular complexity index is 1090. The van der Waals surface area contributed by atoms with Crippen LogP contribution < -0.4 is 0 Å². The number of oxime groups is 1. The van der Waals surface area contributed by atoms with Gasteiger partial charge in [-0.3, -0.25) is 4.79 Å². The number of allylic oxidation sites excluding steroid dienone is 1. The average Bonchev–Trinajstić information content (AvgIpc) is 2.95. The van der Waals surface area contributed by atoms with Crippen molar-refractivity contribution in [3.05, 3.63) is 60.2 Å². The van der Waals surface area contributed by atoms with Crippen LogP contribution in [0.2, 0.25) is 0 Å². The van der Waals surface area contributed by atoms with Gasteiger partial charge >= 0.3 is 5.97 Å². The van der Waals surface area contributed by atoms with E-state index in [0.29, 0.717) is 12.0 Å². The summed E-state index contributed by atoms with van der Waals surface area (Å²) in [5.74, 6) is -0.524. The SMILES string of the molecule is C=CC(=O)c1ccc2c(c1)c1cccc3c1n2CC/C3=N\OC(C)=O. The van der Waals surface area contributed by atoms with Crippen molar-refractivity contribution >= 4 is 39.3 Å². The van der Waals surface area contributed by atoms with Gasteiger partial charge in [0.25, 0.3) is 0 Å². The first-order valence-corrected chi connectivity index (χ1v) is 8.06. The molecule has 0 saturated carbocycles. The molecule has 2 heterocycles. The van der Waals surface area contributed by atoms with Crippen molar-refractivity contribution in [2.75, 3.05) is 0 Å². The zero-order valence-electron chi connectivity index (χ0n) is 13.8. The first kappa shape index (κ1) is 15.3. The summed E-state index contributed by atoms with van der Waals surface area (Å²) in [7, 11) is 0. The Labute approximate surface area is 144 Å². The number of nitrogens with zero attached hydrogens (tertiary/aromatic N) is 2. The Morgan fingerprint density at radius 1 is 1.24 bits per heavy atom. The van der Waals surface area contributed by atoms with Crippen LogP contribution in [-0.2, 0) is 16.2 Å². The van der Waals surface area contributed by atoms with Crippen molar-refractivity contribution in [2.45, 2.75) is 19.9 Å². The van der Waals surface area contributed by atoms with Gasteiger partial charge in [-0.15, -0.1) is 0 Å². The molecule has 0 N–H and O–H groups in total. The highest BCUT2D eigenvalue weighted by Gasteiger charge is 2.22. The second kappa shape index (κ2) is 5.70. The van der Waals surface area contributed by atoms with E-state index in [4.69, 9.17) is 4.84 Å². The molecule has 4 rings (SSSR count). The van der Waals surface area contributed by atoms with Crippen LogP contribution in [0.4, 0.5) is 0 Å². The third-order valence-electron chi connectivity index (χ3n) is 4.52. The number of aromatic nitrogens is 1. The zero-order valence-corrected chi connectivity index (χ0v) is 13.8. The van der Waals surface area contributed by atoms with Crippen LogP contribution in [0.3, 0.4) is 0 Å². The van der Waals surface area contributed by atoms with E-state index in [2.05, 4.69) is 16.3 Å². The largest absolute Gasteiger partial charge is 0.340 e. The Balaban J connectivity index is 1.99. The number of hydrogen-bond donors (Lipinski definition) is 0. The zero-order chi connectivity index (χ0) is 17.6. The molecule has 124 valence electrons. The third-order valence-corrected chi connectivity index (χ3v) is 4.52. The maximum Gasteiger partial charge on any atom is 0.331 e. The van der Waals surface area contributed by atoms with E-state index in [1.165, 1.54) is 13.0 Å². The molecule has 0 fully saturated rings. The van der Waals surface area contributed by atoms with Gasteiger partial charge in [0.1, 0.15) is 0 Å². The molecular formula is C20H16N2O3. The number of ketones is 1. The summed E-state index contributed by atoms with van der Waals surface area (Å²) >= 11 is 0. The normalized spacial score (nSPS) is 14.8. The van der Waals surface area contributed by atoms with Crippen LogP contribution >= 0.6 is 0 Å². The molecule has 0 radical (unpaired) electrons. The highest BCUT2D eigenvalue weighted by atomic mass is 16.7. The maximum atomic E-state index is 12.0. The lowest BCUT2D eigenvalue weighted by atomic mass is 10.0. The van der Waals surface area contributed by atoms with Crippen LogP contribution in [0.25, 0.3) is 21.8 Å². The van der Waals surface area contributed by atoms with Crippen LogP contribution in [0, 0.1) is 0 Å². The van der Waals surface area contributed by atoms with Gasteiger partial charge in [-0.25, -0.2) is 4.79 Å². The molecule has 1 aliphatic heterocycles. The number of rotatable bonds is 3. The number of hydrogen-bond acceptors (Lipinski definition) is 4. The second-order valence-corrected chi connectivity index (χ2v) is 6.02. The maximum absolute atomic E-state index is 12.0. The predicted molar refractivity (Wildman–Crippen MR) is 96.9 cm³/mol. The Kier molecular flexibility index (Phi) is 3.50. The molecule has 5 nitrogen and oxygen atoms in total. The van der Waals surface area contributed by atoms with E-state index in [1.54, 1.807) is 0 Å². The van der Waals surface area contributed by atoms with Gasteiger partial charge in [0.15, 0.2) is 5.78 Å². The fourth-order valence-electron chi connectivity index (χ4n) is 3.46. The molecule has 0 aliphatic carbocycles. The Morgan fingerprint density at radius 3 is 2.84 bits per heavy atom. The Morgan fingerprint density at radius 2 is 2.08 bits per heavy atom. The lowest BCUT2D eigenvalue weighted by Gasteiger charge is -2.17. The highest BCUT2D eigenvalue weighted by molar-refractivity contribution is 6.19. The minimum atomic E-state index is -0.432. The molecule has 0 atom stereocenters. The molecule has 0 saturated heterocycles. The lowest BCUT2D eigenvalue weighted by Crippen LogP contribution is -2.15. The molecule has 3 aromatic rings. The highest BCUT2D eigenvalue weighted by Crippen LogP contribution is 2.35. The molecule has 0 spiro atoms. The minimum Gasteiger partial charge on any atom is -0.340 e. The number of benzene rings is 2. The summed E-state index contributed by atoms with van der Waals surface area (Å²) in [6.45, 7) is 5.64. The molecule has 0 unspecified atom stereocenters. The first-order chi connectivity index (χ1) is 12.1. The summed E-state index contributed by atoms with van der Waals surface area (Å²) in [5.41, 5.74) is 4.48. The lowest BCUT2D eigenvalue weighted by molar-refractivity contribution is -0.140. The molecular weight excluding hydrogens is 316 g/mol. The smallest absolute Gasteiger partial charge is 0.331 e. The van der Waals surface area contributed by atoms with Gasteiger partial charge in [0.05, 0.1) is 11.2 Å². The van der Waals surface area contributed by atoms with Gasteiger partial charge in [-0.2, -0.15) is 0 Å².